The van der Waals surface area contributed by atoms with Gasteiger partial charge in [-0.2, -0.15) is 0 Å². The first-order valence-electron chi connectivity index (χ1n) is 5.03. The summed E-state index contributed by atoms with van der Waals surface area (Å²) < 4.78 is 5.61. The summed E-state index contributed by atoms with van der Waals surface area (Å²) in [6.07, 6.45) is 0.233. The number of thiazole rings is 1. The summed E-state index contributed by atoms with van der Waals surface area (Å²) in [7, 11) is 0. The number of carbonyl (C=O) groups excluding carboxylic acids is 1. The smallest absolute Gasteiger partial charge is 0.312 e. The van der Waals surface area contributed by atoms with Crippen molar-refractivity contribution in [3.63, 3.8) is 0 Å². The summed E-state index contributed by atoms with van der Waals surface area (Å²) in [5, 5.41) is 4.64. The molecule has 2 aromatic rings. The molecule has 0 aliphatic heterocycles. The monoisotopic (exact) mass is 287 g/mol. The van der Waals surface area contributed by atoms with E-state index in [-0.39, 0.29) is 12.4 Å². The largest absolute Gasteiger partial charge is 0.466 e. The van der Waals surface area contributed by atoms with Gasteiger partial charge in [0.1, 0.15) is 5.01 Å². The Morgan fingerprint density at radius 1 is 1.47 bits per heavy atom. The first kappa shape index (κ1) is 12.5. The molecule has 6 heteroatoms. The standard InChI is InChI=1S/C11H10ClNO2S2/c1-2-15-11(14)4-10-13-8(6-17-10)7-3-9(12)16-5-7/h3,5-6H,2,4H2,1H3. The van der Waals surface area contributed by atoms with Crippen LogP contribution in [-0.2, 0) is 16.0 Å². The van der Waals surface area contributed by atoms with Gasteiger partial charge < -0.3 is 4.74 Å². The van der Waals surface area contributed by atoms with E-state index in [0.717, 1.165) is 20.6 Å². The molecule has 0 aliphatic carbocycles. The molecular weight excluding hydrogens is 278 g/mol. The third-order valence-corrected chi connectivity index (χ3v) is 3.96. The second-order valence-electron chi connectivity index (χ2n) is 3.25. The molecule has 0 saturated carbocycles. The molecule has 0 N–H and O–H groups in total. The van der Waals surface area contributed by atoms with Crippen LogP contribution in [0.25, 0.3) is 11.3 Å². The van der Waals surface area contributed by atoms with Gasteiger partial charge in [0.2, 0.25) is 0 Å². The molecular formula is C11H10ClNO2S2. The molecule has 17 heavy (non-hydrogen) atoms. The predicted octanol–water partition coefficient (Wildman–Crippen LogP) is 3.63. The molecule has 0 radical (unpaired) electrons. The van der Waals surface area contributed by atoms with E-state index < -0.39 is 0 Å². The summed E-state index contributed by atoms with van der Waals surface area (Å²) in [6.45, 7) is 2.19. The van der Waals surface area contributed by atoms with E-state index in [4.69, 9.17) is 16.3 Å². The average molecular weight is 288 g/mol. The molecule has 0 fully saturated rings. The van der Waals surface area contributed by atoms with Crippen molar-refractivity contribution in [2.45, 2.75) is 13.3 Å². The molecule has 0 saturated heterocycles. The van der Waals surface area contributed by atoms with Crippen LogP contribution in [0.5, 0.6) is 0 Å². The maximum absolute atomic E-state index is 11.3. The Morgan fingerprint density at radius 2 is 2.29 bits per heavy atom. The fraction of sp³-hybridized carbons (Fsp3) is 0.273. The minimum atomic E-state index is -0.239. The number of hydrogen-bond acceptors (Lipinski definition) is 5. The number of hydrogen-bond donors (Lipinski definition) is 0. The topological polar surface area (TPSA) is 39.2 Å². The van der Waals surface area contributed by atoms with Crippen molar-refractivity contribution in [2.75, 3.05) is 6.61 Å². The van der Waals surface area contributed by atoms with E-state index in [0.29, 0.717) is 6.61 Å². The second-order valence-corrected chi connectivity index (χ2v) is 5.73. The molecule has 0 bridgehead atoms. The Morgan fingerprint density at radius 3 is 2.94 bits per heavy atom. The maximum Gasteiger partial charge on any atom is 0.312 e. The third-order valence-electron chi connectivity index (χ3n) is 2.02. The highest BCUT2D eigenvalue weighted by molar-refractivity contribution is 7.14. The highest BCUT2D eigenvalue weighted by Gasteiger charge is 2.10. The third kappa shape index (κ3) is 3.28. The lowest BCUT2D eigenvalue weighted by molar-refractivity contribution is -0.142. The van der Waals surface area contributed by atoms with Gasteiger partial charge in [0.25, 0.3) is 0 Å². The van der Waals surface area contributed by atoms with Crippen molar-refractivity contribution < 1.29 is 9.53 Å². The minimum Gasteiger partial charge on any atom is -0.466 e. The number of rotatable bonds is 4. The summed E-state index contributed by atoms with van der Waals surface area (Å²) >= 11 is 8.79. The van der Waals surface area contributed by atoms with E-state index in [1.165, 1.54) is 22.7 Å². The maximum atomic E-state index is 11.3. The lowest BCUT2D eigenvalue weighted by Crippen LogP contribution is -2.07. The highest BCUT2D eigenvalue weighted by atomic mass is 35.5. The molecule has 0 aromatic carbocycles. The number of carbonyl (C=O) groups is 1. The lowest BCUT2D eigenvalue weighted by Gasteiger charge is -1.97. The van der Waals surface area contributed by atoms with Crippen LogP contribution in [0.3, 0.4) is 0 Å². The lowest BCUT2D eigenvalue weighted by atomic mass is 10.3. The van der Waals surface area contributed by atoms with Crippen LogP contribution in [-0.4, -0.2) is 17.6 Å². The molecule has 0 aliphatic rings. The quantitative estimate of drug-likeness (QED) is 0.806. The van der Waals surface area contributed by atoms with Gasteiger partial charge in [0, 0.05) is 16.3 Å². The molecule has 0 unspecified atom stereocenters. The van der Waals surface area contributed by atoms with Crippen LogP contribution < -0.4 is 0 Å². The van der Waals surface area contributed by atoms with E-state index in [1.54, 1.807) is 6.92 Å². The molecule has 2 aromatic heterocycles. The van der Waals surface area contributed by atoms with Crippen LogP contribution in [0, 0.1) is 0 Å². The van der Waals surface area contributed by atoms with Crippen LogP contribution in [0.1, 0.15) is 11.9 Å². The molecule has 3 nitrogen and oxygen atoms in total. The Bertz CT molecular complexity index is 521. The van der Waals surface area contributed by atoms with E-state index in [1.807, 2.05) is 16.8 Å². The number of thiophene rings is 1. The zero-order valence-corrected chi connectivity index (χ0v) is 11.5. The Hall–Kier alpha value is -0.910. The van der Waals surface area contributed by atoms with Gasteiger partial charge in [0.05, 0.1) is 23.1 Å². The Kier molecular flexibility index (Phi) is 4.15. The summed E-state index contributed by atoms with van der Waals surface area (Å²) in [5.41, 5.74) is 1.85. The first-order valence-corrected chi connectivity index (χ1v) is 7.17. The number of halogens is 1. The Labute approximate surface area is 112 Å². The summed E-state index contributed by atoms with van der Waals surface area (Å²) in [5.74, 6) is -0.239. The van der Waals surface area contributed by atoms with Crippen LogP contribution in [0.15, 0.2) is 16.8 Å². The van der Waals surface area contributed by atoms with Crippen LogP contribution in [0.2, 0.25) is 4.34 Å². The summed E-state index contributed by atoms with van der Waals surface area (Å²) in [4.78, 5) is 15.7. The number of ether oxygens (including phenoxy) is 1. The molecule has 2 heterocycles. The SMILES string of the molecule is CCOC(=O)Cc1nc(-c2csc(Cl)c2)cs1. The minimum absolute atomic E-state index is 0.233. The van der Waals surface area contributed by atoms with Gasteiger partial charge in [0.15, 0.2) is 0 Å². The zero-order chi connectivity index (χ0) is 12.3. The van der Waals surface area contributed by atoms with Crippen molar-refractivity contribution in [1.82, 2.24) is 4.98 Å². The van der Waals surface area contributed by atoms with Gasteiger partial charge in [-0.05, 0) is 13.0 Å². The van der Waals surface area contributed by atoms with Gasteiger partial charge in [-0.15, -0.1) is 22.7 Å². The molecule has 0 amide bonds. The van der Waals surface area contributed by atoms with Crippen LogP contribution in [0.4, 0.5) is 0 Å². The van der Waals surface area contributed by atoms with Crippen molar-refractivity contribution in [3.8, 4) is 11.3 Å². The Balaban J connectivity index is 2.08. The molecule has 2 rings (SSSR count). The van der Waals surface area contributed by atoms with E-state index >= 15 is 0 Å². The molecule has 90 valence electrons. The second kappa shape index (κ2) is 5.62. The van der Waals surface area contributed by atoms with Crippen molar-refractivity contribution in [2.24, 2.45) is 0 Å². The van der Waals surface area contributed by atoms with Gasteiger partial charge in [-0.3, -0.25) is 4.79 Å². The number of nitrogens with zero attached hydrogens (tertiary/aromatic N) is 1. The fourth-order valence-electron chi connectivity index (χ4n) is 1.30. The molecule has 0 atom stereocenters. The van der Waals surface area contributed by atoms with Crippen molar-refractivity contribution in [3.05, 3.63) is 26.2 Å². The number of aromatic nitrogens is 1. The number of esters is 1. The summed E-state index contributed by atoms with van der Waals surface area (Å²) in [6, 6.07) is 1.87. The van der Waals surface area contributed by atoms with Gasteiger partial charge in [-0.1, -0.05) is 11.6 Å². The zero-order valence-electron chi connectivity index (χ0n) is 9.10. The average Bonchev–Trinajstić information content (AvgIpc) is 2.87. The predicted molar refractivity (Wildman–Crippen MR) is 70.8 cm³/mol. The van der Waals surface area contributed by atoms with Gasteiger partial charge in [-0.25, -0.2) is 4.98 Å². The highest BCUT2D eigenvalue weighted by Crippen LogP contribution is 2.29. The van der Waals surface area contributed by atoms with Crippen molar-refractivity contribution in [1.29, 1.82) is 0 Å². The van der Waals surface area contributed by atoms with E-state index in [9.17, 15) is 4.79 Å². The van der Waals surface area contributed by atoms with Crippen LogP contribution >= 0.6 is 34.3 Å². The molecule has 0 spiro atoms. The first-order chi connectivity index (χ1) is 8.19. The van der Waals surface area contributed by atoms with Crippen molar-refractivity contribution >= 4 is 40.2 Å². The van der Waals surface area contributed by atoms with E-state index in [2.05, 4.69) is 4.98 Å². The normalized spacial score (nSPS) is 10.5. The van der Waals surface area contributed by atoms with Gasteiger partial charge >= 0.3 is 5.97 Å². The fourth-order valence-corrected chi connectivity index (χ4v) is 2.97.